The average molecular weight is 349 g/mol. The van der Waals surface area contributed by atoms with Gasteiger partial charge < -0.3 is 10.2 Å². The summed E-state index contributed by atoms with van der Waals surface area (Å²) in [5, 5.41) is 3.50. The van der Waals surface area contributed by atoms with Crippen molar-refractivity contribution in [2.75, 3.05) is 26.2 Å². The van der Waals surface area contributed by atoms with E-state index < -0.39 is 0 Å². The fourth-order valence-electron chi connectivity index (χ4n) is 4.86. The summed E-state index contributed by atoms with van der Waals surface area (Å²) in [5.41, 5.74) is 3.39. The highest BCUT2D eigenvalue weighted by atomic mass is 35.5. The number of amides is 1. The number of hydrogen-bond donors (Lipinski definition) is 1. The van der Waals surface area contributed by atoms with Crippen LogP contribution in [-0.2, 0) is 11.2 Å². The molecule has 0 aromatic heterocycles. The molecule has 2 aliphatic heterocycles. The molecule has 0 saturated carbocycles. The van der Waals surface area contributed by atoms with E-state index >= 15 is 0 Å². The lowest BCUT2D eigenvalue weighted by Gasteiger charge is -2.39. The van der Waals surface area contributed by atoms with E-state index in [-0.39, 0.29) is 12.4 Å². The van der Waals surface area contributed by atoms with Crippen LogP contribution in [0.15, 0.2) is 24.3 Å². The number of carbonyl (C=O) groups is 1. The highest BCUT2D eigenvalue weighted by Crippen LogP contribution is 2.38. The highest BCUT2D eigenvalue weighted by molar-refractivity contribution is 5.85. The lowest BCUT2D eigenvalue weighted by atomic mass is 9.77. The Morgan fingerprint density at radius 3 is 2.75 bits per heavy atom. The second-order valence-electron chi connectivity index (χ2n) is 7.80. The monoisotopic (exact) mass is 348 g/mol. The van der Waals surface area contributed by atoms with Gasteiger partial charge in [0.1, 0.15) is 0 Å². The number of benzene rings is 1. The zero-order valence-electron chi connectivity index (χ0n) is 14.4. The Bertz CT molecular complexity index is 573. The van der Waals surface area contributed by atoms with Gasteiger partial charge in [0.05, 0.1) is 0 Å². The summed E-state index contributed by atoms with van der Waals surface area (Å²) in [4.78, 5) is 14.9. The topological polar surface area (TPSA) is 32.3 Å². The largest absolute Gasteiger partial charge is 0.343 e. The number of hydrogen-bond acceptors (Lipinski definition) is 2. The quantitative estimate of drug-likeness (QED) is 0.886. The molecule has 1 spiro atoms. The minimum Gasteiger partial charge on any atom is -0.343 e. The molecule has 2 fully saturated rings. The Kier molecular flexibility index (Phi) is 5.51. The summed E-state index contributed by atoms with van der Waals surface area (Å²) < 4.78 is 0. The number of nitrogens with one attached hydrogen (secondary N) is 1. The predicted molar refractivity (Wildman–Crippen MR) is 99.7 cm³/mol. The maximum atomic E-state index is 12.8. The van der Waals surface area contributed by atoms with Crippen molar-refractivity contribution in [3.63, 3.8) is 0 Å². The van der Waals surface area contributed by atoms with E-state index in [1.54, 1.807) is 0 Å². The minimum atomic E-state index is 0. The molecule has 0 bridgehead atoms. The first-order valence-corrected chi connectivity index (χ1v) is 9.32. The lowest BCUT2D eigenvalue weighted by Crippen LogP contribution is -2.44. The van der Waals surface area contributed by atoms with Crippen molar-refractivity contribution in [3.05, 3.63) is 35.4 Å². The van der Waals surface area contributed by atoms with Gasteiger partial charge in [0, 0.05) is 26.1 Å². The summed E-state index contributed by atoms with van der Waals surface area (Å²) in [5.74, 6) is 0.823. The molecule has 1 aliphatic carbocycles. The molecule has 4 heteroatoms. The molecule has 132 valence electrons. The second-order valence-corrected chi connectivity index (χ2v) is 7.80. The van der Waals surface area contributed by atoms with Crippen LogP contribution in [-0.4, -0.2) is 37.0 Å². The number of carbonyl (C=O) groups excluding carboxylic acids is 1. The number of fused-ring (bicyclic) bond motifs is 1. The van der Waals surface area contributed by atoms with Gasteiger partial charge in [0.2, 0.25) is 5.91 Å². The van der Waals surface area contributed by atoms with Crippen molar-refractivity contribution < 1.29 is 4.79 Å². The molecule has 3 nitrogen and oxygen atoms in total. The van der Waals surface area contributed by atoms with Crippen LogP contribution in [0, 0.1) is 5.41 Å². The first-order chi connectivity index (χ1) is 11.3. The minimum absolute atomic E-state index is 0. The first-order valence-electron chi connectivity index (χ1n) is 9.32. The van der Waals surface area contributed by atoms with Crippen LogP contribution in [0.2, 0.25) is 0 Å². The van der Waals surface area contributed by atoms with E-state index in [1.165, 1.54) is 49.7 Å². The smallest absolute Gasteiger partial charge is 0.223 e. The van der Waals surface area contributed by atoms with Crippen LogP contribution >= 0.6 is 12.4 Å². The molecule has 2 saturated heterocycles. The van der Waals surface area contributed by atoms with Gasteiger partial charge in [-0.1, -0.05) is 24.3 Å². The van der Waals surface area contributed by atoms with E-state index in [4.69, 9.17) is 0 Å². The molecule has 24 heavy (non-hydrogen) atoms. The van der Waals surface area contributed by atoms with Crippen molar-refractivity contribution >= 4 is 18.3 Å². The van der Waals surface area contributed by atoms with Crippen molar-refractivity contribution in [2.24, 2.45) is 5.41 Å². The maximum absolute atomic E-state index is 12.8. The SMILES string of the molecule is Cl.O=C(CC1CCCc2ccccc21)N1CCC2(CCNC2)CC1. The van der Waals surface area contributed by atoms with Crippen LogP contribution in [0.4, 0.5) is 0 Å². The van der Waals surface area contributed by atoms with Crippen molar-refractivity contribution in [2.45, 2.75) is 50.9 Å². The van der Waals surface area contributed by atoms with Crippen molar-refractivity contribution in [1.82, 2.24) is 10.2 Å². The van der Waals surface area contributed by atoms with E-state index in [9.17, 15) is 4.79 Å². The molecular weight excluding hydrogens is 320 g/mol. The van der Waals surface area contributed by atoms with Crippen LogP contribution in [0.25, 0.3) is 0 Å². The Labute approximate surface area is 151 Å². The van der Waals surface area contributed by atoms with Crippen molar-refractivity contribution in [3.8, 4) is 0 Å². The zero-order valence-corrected chi connectivity index (χ0v) is 15.2. The molecular formula is C20H29ClN2O. The van der Waals surface area contributed by atoms with Crippen LogP contribution in [0.5, 0.6) is 0 Å². The van der Waals surface area contributed by atoms with Gasteiger partial charge in [0.25, 0.3) is 0 Å². The van der Waals surface area contributed by atoms with Gasteiger partial charge in [0.15, 0.2) is 0 Å². The van der Waals surface area contributed by atoms with Gasteiger partial charge in [-0.15, -0.1) is 12.4 Å². The van der Waals surface area contributed by atoms with E-state index in [1.807, 2.05) is 0 Å². The fraction of sp³-hybridized carbons (Fsp3) is 0.650. The summed E-state index contributed by atoms with van der Waals surface area (Å²) in [6, 6.07) is 8.73. The Balaban J connectivity index is 0.00000169. The van der Waals surface area contributed by atoms with Gasteiger partial charge in [-0.2, -0.15) is 0 Å². The number of aryl methyl sites for hydroxylation is 1. The van der Waals surface area contributed by atoms with E-state index in [0.717, 1.165) is 26.2 Å². The van der Waals surface area contributed by atoms with Crippen molar-refractivity contribution in [1.29, 1.82) is 0 Å². The van der Waals surface area contributed by atoms with Gasteiger partial charge >= 0.3 is 0 Å². The lowest BCUT2D eigenvalue weighted by molar-refractivity contribution is -0.133. The number of rotatable bonds is 2. The number of nitrogens with zero attached hydrogens (tertiary/aromatic N) is 1. The van der Waals surface area contributed by atoms with E-state index in [2.05, 4.69) is 34.5 Å². The van der Waals surface area contributed by atoms with Crippen LogP contribution in [0.1, 0.15) is 55.6 Å². The molecule has 4 rings (SSSR count). The third-order valence-electron chi connectivity index (χ3n) is 6.42. The molecule has 3 aliphatic rings. The Morgan fingerprint density at radius 1 is 1.21 bits per heavy atom. The first kappa shape index (κ1) is 17.8. The van der Waals surface area contributed by atoms with Crippen LogP contribution < -0.4 is 5.32 Å². The number of halogens is 1. The summed E-state index contributed by atoms with van der Waals surface area (Å²) in [6.45, 7) is 4.25. The van der Waals surface area contributed by atoms with Gasteiger partial charge in [-0.05, 0) is 67.5 Å². The second kappa shape index (κ2) is 7.45. The number of piperidine rings is 1. The molecule has 1 atom stereocenters. The summed E-state index contributed by atoms with van der Waals surface area (Å²) in [7, 11) is 0. The van der Waals surface area contributed by atoms with Gasteiger partial charge in [-0.25, -0.2) is 0 Å². The third-order valence-corrected chi connectivity index (χ3v) is 6.42. The summed E-state index contributed by atoms with van der Waals surface area (Å²) in [6.07, 6.45) is 7.96. The van der Waals surface area contributed by atoms with E-state index in [0.29, 0.717) is 23.7 Å². The maximum Gasteiger partial charge on any atom is 0.223 e. The molecule has 1 aromatic rings. The van der Waals surface area contributed by atoms with Crippen LogP contribution in [0.3, 0.4) is 0 Å². The Hall–Kier alpha value is -1.06. The Morgan fingerprint density at radius 2 is 2.00 bits per heavy atom. The zero-order chi connectivity index (χ0) is 15.7. The predicted octanol–water partition coefficient (Wildman–Crippen LogP) is 3.52. The number of likely N-dealkylation sites (tertiary alicyclic amines) is 1. The molecule has 1 amide bonds. The standard InChI is InChI=1S/C20H28N2O.ClH/c23-19(22-12-9-20(10-13-22)8-11-21-15-20)14-17-6-3-5-16-4-1-2-7-18(16)17;/h1-2,4,7,17,21H,3,5-6,8-15H2;1H. The average Bonchev–Trinajstić information content (AvgIpc) is 3.04. The highest BCUT2D eigenvalue weighted by Gasteiger charge is 2.38. The van der Waals surface area contributed by atoms with Gasteiger partial charge in [-0.3, -0.25) is 4.79 Å². The third kappa shape index (κ3) is 3.48. The molecule has 1 N–H and O–H groups in total. The summed E-state index contributed by atoms with van der Waals surface area (Å²) >= 11 is 0. The normalized spacial score (nSPS) is 25.2. The molecule has 2 heterocycles. The molecule has 0 radical (unpaired) electrons. The fourth-order valence-corrected chi connectivity index (χ4v) is 4.86. The molecule has 1 unspecified atom stereocenters. The molecule has 1 aromatic carbocycles.